The standard InChI is InChI=1S/C18H18FN3O3/c19-15-8-6-14(7-9-15)11-17(24)21-22-18(25)12-20-16(23)10-13-4-2-1-3-5-13/h1-9H,10-12H2,(H,20,23)(H,21,24)(H,22,25). The summed E-state index contributed by atoms with van der Waals surface area (Å²) in [7, 11) is 0. The Kier molecular flexibility index (Phi) is 6.65. The summed E-state index contributed by atoms with van der Waals surface area (Å²) in [6.45, 7) is -0.248. The van der Waals surface area contributed by atoms with E-state index in [1.807, 2.05) is 30.3 Å². The summed E-state index contributed by atoms with van der Waals surface area (Å²) in [4.78, 5) is 35.0. The minimum Gasteiger partial charge on any atom is -0.347 e. The first kappa shape index (κ1) is 18.1. The molecule has 6 nitrogen and oxygen atoms in total. The van der Waals surface area contributed by atoms with Crippen LogP contribution >= 0.6 is 0 Å². The lowest BCUT2D eigenvalue weighted by atomic mass is 10.1. The molecule has 0 fully saturated rings. The minimum atomic E-state index is -0.547. The van der Waals surface area contributed by atoms with Crippen LogP contribution in [0.3, 0.4) is 0 Å². The van der Waals surface area contributed by atoms with Crippen LogP contribution in [-0.2, 0) is 27.2 Å². The van der Waals surface area contributed by atoms with Crippen molar-refractivity contribution in [2.45, 2.75) is 12.8 Å². The van der Waals surface area contributed by atoms with E-state index in [1.54, 1.807) is 0 Å². The molecule has 25 heavy (non-hydrogen) atoms. The van der Waals surface area contributed by atoms with Gasteiger partial charge in [-0.05, 0) is 23.3 Å². The molecule has 2 aromatic carbocycles. The van der Waals surface area contributed by atoms with E-state index in [2.05, 4.69) is 16.2 Å². The van der Waals surface area contributed by atoms with Crippen LogP contribution in [0, 0.1) is 5.82 Å². The van der Waals surface area contributed by atoms with Gasteiger partial charge in [0.05, 0.1) is 19.4 Å². The number of rotatable bonds is 6. The molecule has 0 radical (unpaired) electrons. The highest BCUT2D eigenvalue weighted by Crippen LogP contribution is 2.03. The first-order valence-electron chi connectivity index (χ1n) is 7.65. The van der Waals surface area contributed by atoms with Gasteiger partial charge >= 0.3 is 0 Å². The van der Waals surface area contributed by atoms with Gasteiger partial charge in [-0.2, -0.15) is 0 Å². The molecule has 2 rings (SSSR count). The number of carbonyl (C=O) groups is 3. The summed E-state index contributed by atoms with van der Waals surface area (Å²) in [6, 6.07) is 14.6. The number of hydrogen-bond acceptors (Lipinski definition) is 3. The van der Waals surface area contributed by atoms with Crippen LogP contribution in [0.4, 0.5) is 4.39 Å². The van der Waals surface area contributed by atoms with Crippen LogP contribution in [0.25, 0.3) is 0 Å². The Labute approximate surface area is 144 Å². The molecule has 0 heterocycles. The van der Waals surface area contributed by atoms with Crippen LogP contribution < -0.4 is 16.2 Å². The molecule has 7 heteroatoms. The average molecular weight is 343 g/mol. The van der Waals surface area contributed by atoms with Gasteiger partial charge in [0.1, 0.15) is 5.82 Å². The second-order valence-electron chi connectivity index (χ2n) is 5.34. The molecule has 130 valence electrons. The van der Waals surface area contributed by atoms with Gasteiger partial charge in [0.2, 0.25) is 11.8 Å². The summed E-state index contributed by atoms with van der Waals surface area (Å²) >= 11 is 0. The third kappa shape index (κ3) is 6.82. The van der Waals surface area contributed by atoms with Gasteiger partial charge in [-0.3, -0.25) is 25.2 Å². The van der Waals surface area contributed by atoms with Crippen molar-refractivity contribution >= 4 is 17.7 Å². The van der Waals surface area contributed by atoms with E-state index in [0.717, 1.165) is 5.56 Å². The molecule has 3 amide bonds. The van der Waals surface area contributed by atoms with Crippen LogP contribution in [0.5, 0.6) is 0 Å². The van der Waals surface area contributed by atoms with Crippen LogP contribution in [0.1, 0.15) is 11.1 Å². The molecule has 0 aliphatic heterocycles. The lowest BCUT2D eigenvalue weighted by molar-refractivity contribution is -0.129. The Morgan fingerprint density at radius 1 is 0.720 bits per heavy atom. The quantitative estimate of drug-likeness (QED) is 0.680. The molecule has 0 unspecified atom stereocenters. The average Bonchev–Trinajstić information content (AvgIpc) is 2.61. The molecule has 0 saturated carbocycles. The summed E-state index contributed by atoms with van der Waals surface area (Å²) < 4.78 is 12.8. The van der Waals surface area contributed by atoms with Gasteiger partial charge in [-0.1, -0.05) is 42.5 Å². The molecule has 3 N–H and O–H groups in total. The van der Waals surface area contributed by atoms with Gasteiger partial charge in [-0.25, -0.2) is 4.39 Å². The number of nitrogens with one attached hydrogen (secondary N) is 3. The fraction of sp³-hybridized carbons (Fsp3) is 0.167. The van der Waals surface area contributed by atoms with E-state index >= 15 is 0 Å². The maximum absolute atomic E-state index is 12.8. The smallest absolute Gasteiger partial charge is 0.257 e. The molecule has 0 aliphatic carbocycles. The van der Waals surface area contributed by atoms with E-state index in [9.17, 15) is 18.8 Å². The summed E-state index contributed by atoms with van der Waals surface area (Å²) in [5, 5.41) is 2.47. The Morgan fingerprint density at radius 3 is 1.96 bits per heavy atom. The normalized spacial score (nSPS) is 9.96. The zero-order valence-electron chi connectivity index (χ0n) is 13.4. The van der Waals surface area contributed by atoms with Crippen LogP contribution in [-0.4, -0.2) is 24.3 Å². The van der Waals surface area contributed by atoms with E-state index in [-0.39, 0.29) is 31.1 Å². The van der Waals surface area contributed by atoms with Crippen molar-refractivity contribution in [3.05, 3.63) is 71.5 Å². The Bertz CT molecular complexity index is 733. The summed E-state index contributed by atoms with van der Waals surface area (Å²) in [5.74, 6) is -1.67. The fourth-order valence-corrected chi connectivity index (χ4v) is 2.04. The Balaban J connectivity index is 1.65. The second kappa shape index (κ2) is 9.17. The monoisotopic (exact) mass is 343 g/mol. The second-order valence-corrected chi connectivity index (χ2v) is 5.34. The van der Waals surface area contributed by atoms with Crippen molar-refractivity contribution in [3.8, 4) is 0 Å². The van der Waals surface area contributed by atoms with Crippen molar-refractivity contribution in [1.82, 2.24) is 16.2 Å². The lowest BCUT2D eigenvalue weighted by Gasteiger charge is -2.08. The van der Waals surface area contributed by atoms with E-state index < -0.39 is 11.8 Å². The van der Waals surface area contributed by atoms with E-state index in [1.165, 1.54) is 24.3 Å². The van der Waals surface area contributed by atoms with E-state index in [4.69, 9.17) is 0 Å². The highest BCUT2D eigenvalue weighted by Gasteiger charge is 2.08. The van der Waals surface area contributed by atoms with Gasteiger partial charge < -0.3 is 5.32 Å². The number of amides is 3. The molecule has 0 aromatic heterocycles. The van der Waals surface area contributed by atoms with E-state index in [0.29, 0.717) is 5.56 Å². The van der Waals surface area contributed by atoms with Gasteiger partial charge in [0.25, 0.3) is 5.91 Å². The van der Waals surface area contributed by atoms with Crippen molar-refractivity contribution in [2.75, 3.05) is 6.54 Å². The lowest BCUT2D eigenvalue weighted by Crippen LogP contribution is -2.47. The van der Waals surface area contributed by atoms with Crippen molar-refractivity contribution < 1.29 is 18.8 Å². The summed E-state index contributed by atoms with van der Waals surface area (Å²) in [5.41, 5.74) is 5.90. The molecule has 0 atom stereocenters. The maximum atomic E-state index is 12.8. The predicted octanol–water partition coefficient (Wildman–Crippen LogP) is 0.874. The SMILES string of the molecule is O=C(Cc1ccccc1)NCC(=O)NNC(=O)Cc1ccc(F)cc1. The number of halogens is 1. The number of hydrazine groups is 1. The third-order valence-corrected chi connectivity index (χ3v) is 3.27. The fourth-order valence-electron chi connectivity index (χ4n) is 2.04. The first-order chi connectivity index (χ1) is 12.0. The number of hydrogen-bond donors (Lipinski definition) is 3. The van der Waals surface area contributed by atoms with Crippen molar-refractivity contribution in [1.29, 1.82) is 0 Å². The van der Waals surface area contributed by atoms with Crippen LogP contribution in [0.15, 0.2) is 54.6 Å². The highest BCUT2D eigenvalue weighted by atomic mass is 19.1. The Hall–Kier alpha value is -3.22. The number of benzene rings is 2. The van der Waals surface area contributed by atoms with Gasteiger partial charge in [-0.15, -0.1) is 0 Å². The molecule has 2 aromatic rings. The van der Waals surface area contributed by atoms with Crippen LogP contribution in [0.2, 0.25) is 0 Å². The third-order valence-electron chi connectivity index (χ3n) is 3.27. The molecule has 0 bridgehead atoms. The predicted molar refractivity (Wildman–Crippen MR) is 89.5 cm³/mol. The van der Waals surface area contributed by atoms with Crippen molar-refractivity contribution in [3.63, 3.8) is 0 Å². The zero-order chi connectivity index (χ0) is 18.1. The molecule has 0 spiro atoms. The highest BCUT2D eigenvalue weighted by molar-refractivity contribution is 5.87. The van der Waals surface area contributed by atoms with Gasteiger partial charge in [0, 0.05) is 0 Å². The summed E-state index contributed by atoms with van der Waals surface area (Å²) in [6.07, 6.45) is 0.173. The van der Waals surface area contributed by atoms with Gasteiger partial charge in [0.15, 0.2) is 0 Å². The Morgan fingerprint density at radius 2 is 1.28 bits per heavy atom. The molecule has 0 aliphatic rings. The molecular formula is C18H18FN3O3. The van der Waals surface area contributed by atoms with Crippen molar-refractivity contribution in [2.24, 2.45) is 0 Å². The zero-order valence-corrected chi connectivity index (χ0v) is 13.4. The largest absolute Gasteiger partial charge is 0.347 e. The first-order valence-corrected chi connectivity index (χ1v) is 7.65. The number of carbonyl (C=O) groups excluding carboxylic acids is 3. The maximum Gasteiger partial charge on any atom is 0.257 e. The molecular weight excluding hydrogens is 325 g/mol. The minimum absolute atomic E-state index is 0.000919. The molecule has 0 saturated heterocycles. The topological polar surface area (TPSA) is 87.3 Å².